The summed E-state index contributed by atoms with van der Waals surface area (Å²) >= 11 is 0. The summed E-state index contributed by atoms with van der Waals surface area (Å²) in [6.45, 7) is 2.69. The van der Waals surface area contributed by atoms with Crippen LogP contribution in [0.15, 0.2) is 10.6 Å². The van der Waals surface area contributed by atoms with Crippen molar-refractivity contribution in [2.24, 2.45) is 5.92 Å². The first kappa shape index (κ1) is 14.0. The van der Waals surface area contributed by atoms with Crippen molar-refractivity contribution in [3.63, 3.8) is 0 Å². The molecule has 19 heavy (non-hydrogen) atoms. The fraction of sp³-hybridized carbons (Fsp3) is 0.692. The molecule has 6 heteroatoms. The van der Waals surface area contributed by atoms with Gasteiger partial charge in [-0.3, -0.25) is 0 Å². The van der Waals surface area contributed by atoms with E-state index in [1.807, 2.05) is 0 Å². The molecule has 1 heterocycles. The Morgan fingerprint density at radius 2 is 2.26 bits per heavy atom. The van der Waals surface area contributed by atoms with Crippen LogP contribution in [0.1, 0.15) is 48.9 Å². The highest BCUT2D eigenvalue weighted by Gasteiger charge is 2.33. The zero-order valence-electron chi connectivity index (χ0n) is 11.1. The average molecular weight is 268 g/mol. The maximum Gasteiger partial charge on any atom is 0.358 e. The lowest BCUT2D eigenvalue weighted by atomic mass is 9.77. The molecule has 1 aromatic heterocycles. The van der Waals surface area contributed by atoms with E-state index in [9.17, 15) is 9.90 Å². The zero-order chi connectivity index (χ0) is 13.9. The van der Waals surface area contributed by atoms with E-state index >= 15 is 0 Å². The molecule has 3 N–H and O–H groups in total. The number of aromatic carboxylic acids is 1. The zero-order valence-corrected chi connectivity index (χ0v) is 11.1. The van der Waals surface area contributed by atoms with Crippen molar-refractivity contribution in [2.75, 3.05) is 6.61 Å². The molecule has 0 bridgehead atoms. The number of aliphatic hydroxyl groups excluding tert-OH is 1. The fourth-order valence-corrected chi connectivity index (χ4v) is 2.48. The summed E-state index contributed by atoms with van der Waals surface area (Å²) in [5.74, 6) is 0.0765. The van der Waals surface area contributed by atoms with Gasteiger partial charge in [-0.15, -0.1) is 0 Å². The molecular weight excluding hydrogens is 248 g/mol. The number of carboxylic acids is 1. The first-order chi connectivity index (χ1) is 9.04. The number of hydrogen-bond donors (Lipinski definition) is 3. The molecule has 0 radical (unpaired) electrons. The SMILES string of the molecule is CC1CCC(CO)(NCc2cc(C(=O)O)no2)CC1. The molecule has 1 aromatic rings. The predicted octanol–water partition coefficient (Wildman–Crippen LogP) is 1.40. The third kappa shape index (κ3) is 3.33. The van der Waals surface area contributed by atoms with E-state index in [2.05, 4.69) is 17.4 Å². The normalized spacial score (nSPS) is 27.4. The van der Waals surface area contributed by atoms with E-state index in [0.717, 1.165) is 25.7 Å². The molecule has 0 saturated heterocycles. The first-order valence-corrected chi connectivity index (χ1v) is 6.59. The van der Waals surface area contributed by atoms with Crippen LogP contribution in [0.25, 0.3) is 0 Å². The van der Waals surface area contributed by atoms with Crippen LogP contribution in [0.5, 0.6) is 0 Å². The second-order valence-corrected chi connectivity index (χ2v) is 5.46. The second kappa shape index (κ2) is 5.71. The predicted molar refractivity (Wildman–Crippen MR) is 67.8 cm³/mol. The molecule has 2 rings (SSSR count). The molecule has 0 aromatic carbocycles. The van der Waals surface area contributed by atoms with Gasteiger partial charge < -0.3 is 20.1 Å². The summed E-state index contributed by atoms with van der Waals surface area (Å²) in [4.78, 5) is 10.7. The first-order valence-electron chi connectivity index (χ1n) is 6.59. The molecule has 0 atom stereocenters. The monoisotopic (exact) mass is 268 g/mol. The summed E-state index contributed by atoms with van der Waals surface area (Å²) < 4.78 is 4.95. The van der Waals surface area contributed by atoms with Crippen molar-refractivity contribution in [3.05, 3.63) is 17.5 Å². The van der Waals surface area contributed by atoms with Crippen molar-refractivity contribution in [2.45, 2.75) is 44.7 Å². The number of carbonyl (C=O) groups is 1. The number of nitrogens with zero attached hydrogens (tertiary/aromatic N) is 1. The third-order valence-electron chi connectivity index (χ3n) is 3.95. The molecule has 1 saturated carbocycles. The summed E-state index contributed by atoms with van der Waals surface area (Å²) in [6, 6.07) is 1.41. The van der Waals surface area contributed by atoms with Crippen LogP contribution < -0.4 is 5.32 Å². The van der Waals surface area contributed by atoms with Gasteiger partial charge in [-0.2, -0.15) is 0 Å². The molecule has 0 unspecified atom stereocenters. The van der Waals surface area contributed by atoms with Crippen LogP contribution in [-0.2, 0) is 6.54 Å². The van der Waals surface area contributed by atoms with Crippen LogP contribution in [0.3, 0.4) is 0 Å². The minimum atomic E-state index is -1.10. The number of hydrogen-bond acceptors (Lipinski definition) is 5. The number of aromatic nitrogens is 1. The Morgan fingerprint density at radius 3 is 2.79 bits per heavy atom. The van der Waals surface area contributed by atoms with E-state index in [0.29, 0.717) is 18.2 Å². The second-order valence-electron chi connectivity index (χ2n) is 5.46. The van der Waals surface area contributed by atoms with Gasteiger partial charge in [0, 0.05) is 11.6 Å². The van der Waals surface area contributed by atoms with Crippen LogP contribution in [0.4, 0.5) is 0 Å². The van der Waals surface area contributed by atoms with Gasteiger partial charge >= 0.3 is 5.97 Å². The Balaban J connectivity index is 1.93. The Morgan fingerprint density at radius 1 is 1.58 bits per heavy atom. The average Bonchev–Trinajstić information content (AvgIpc) is 2.88. The number of rotatable bonds is 5. The van der Waals surface area contributed by atoms with Crippen LogP contribution >= 0.6 is 0 Å². The molecule has 6 nitrogen and oxygen atoms in total. The van der Waals surface area contributed by atoms with E-state index in [1.165, 1.54) is 6.07 Å². The molecule has 0 amide bonds. The maximum atomic E-state index is 10.7. The Hall–Kier alpha value is -1.40. The molecule has 0 spiro atoms. The summed E-state index contributed by atoms with van der Waals surface area (Å²) in [7, 11) is 0. The molecule has 106 valence electrons. The summed E-state index contributed by atoms with van der Waals surface area (Å²) in [5.41, 5.74) is -0.366. The Bertz CT molecular complexity index is 436. The van der Waals surface area contributed by atoms with Crippen molar-refractivity contribution in [3.8, 4) is 0 Å². The third-order valence-corrected chi connectivity index (χ3v) is 3.95. The van der Waals surface area contributed by atoms with Crippen molar-refractivity contribution >= 4 is 5.97 Å². The van der Waals surface area contributed by atoms with Crippen molar-refractivity contribution in [1.82, 2.24) is 10.5 Å². The van der Waals surface area contributed by atoms with Gasteiger partial charge in [0.15, 0.2) is 11.5 Å². The van der Waals surface area contributed by atoms with Gasteiger partial charge in [0.05, 0.1) is 13.2 Å². The largest absolute Gasteiger partial charge is 0.476 e. The number of carboxylic acid groups (broad SMARTS) is 1. The van der Waals surface area contributed by atoms with Crippen LogP contribution in [-0.4, -0.2) is 33.5 Å². The van der Waals surface area contributed by atoms with Crippen LogP contribution in [0, 0.1) is 5.92 Å². The lowest BCUT2D eigenvalue weighted by Crippen LogP contribution is -2.50. The van der Waals surface area contributed by atoms with Gasteiger partial charge in [-0.25, -0.2) is 4.79 Å². The summed E-state index contributed by atoms with van der Waals surface area (Å²) in [6.07, 6.45) is 4.02. The minimum Gasteiger partial charge on any atom is -0.476 e. The van der Waals surface area contributed by atoms with Crippen molar-refractivity contribution < 1.29 is 19.5 Å². The quantitative estimate of drug-likeness (QED) is 0.747. The summed E-state index contributed by atoms with van der Waals surface area (Å²) in [5, 5.41) is 25.1. The van der Waals surface area contributed by atoms with Gasteiger partial charge in [0.2, 0.25) is 0 Å². The topological polar surface area (TPSA) is 95.6 Å². The highest BCUT2D eigenvalue weighted by Crippen LogP contribution is 2.31. The van der Waals surface area contributed by atoms with E-state index < -0.39 is 5.97 Å². The van der Waals surface area contributed by atoms with Gasteiger partial charge in [0.1, 0.15) is 0 Å². The van der Waals surface area contributed by atoms with E-state index in [1.54, 1.807) is 0 Å². The number of aliphatic hydroxyl groups is 1. The van der Waals surface area contributed by atoms with Gasteiger partial charge in [-0.1, -0.05) is 12.1 Å². The van der Waals surface area contributed by atoms with Gasteiger partial charge in [-0.05, 0) is 31.6 Å². The molecular formula is C13H20N2O4. The van der Waals surface area contributed by atoms with E-state index in [4.69, 9.17) is 9.63 Å². The molecule has 1 aliphatic rings. The maximum absolute atomic E-state index is 10.7. The minimum absolute atomic E-state index is 0.0830. The fourth-order valence-electron chi connectivity index (χ4n) is 2.48. The molecule has 0 aliphatic heterocycles. The Kier molecular flexibility index (Phi) is 4.21. The highest BCUT2D eigenvalue weighted by atomic mass is 16.5. The smallest absolute Gasteiger partial charge is 0.358 e. The van der Waals surface area contributed by atoms with Gasteiger partial charge in [0.25, 0.3) is 0 Å². The number of nitrogens with one attached hydrogen (secondary N) is 1. The highest BCUT2D eigenvalue weighted by molar-refractivity contribution is 5.85. The lowest BCUT2D eigenvalue weighted by molar-refractivity contribution is 0.0685. The van der Waals surface area contributed by atoms with Crippen molar-refractivity contribution in [1.29, 1.82) is 0 Å². The van der Waals surface area contributed by atoms with Crippen LogP contribution in [0.2, 0.25) is 0 Å². The lowest BCUT2D eigenvalue weighted by Gasteiger charge is -2.38. The molecule has 1 aliphatic carbocycles. The van der Waals surface area contributed by atoms with E-state index in [-0.39, 0.29) is 17.8 Å². The Labute approximate surface area is 111 Å². The molecule has 1 fully saturated rings. The standard InChI is InChI=1S/C13H20N2O4/c1-9-2-4-13(8-16,5-3-9)14-7-10-6-11(12(17)18)15-19-10/h6,9,14,16H,2-5,7-8H2,1H3,(H,17,18).